The number of nitrogens with zero attached hydrogens (tertiary/aromatic N) is 1. The first kappa shape index (κ1) is 16.7. The van der Waals surface area contributed by atoms with Crippen LogP contribution in [0.4, 0.5) is 4.79 Å². The molecule has 2 rings (SSSR count). The van der Waals surface area contributed by atoms with Crippen molar-refractivity contribution in [2.75, 3.05) is 13.7 Å². The number of aromatic hydroxyl groups is 1. The maximum atomic E-state index is 12.2. The Labute approximate surface area is 138 Å². The van der Waals surface area contributed by atoms with E-state index in [0.717, 1.165) is 16.7 Å². The first-order valence-corrected chi connectivity index (χ1v) is 7.53. The standard InChI is InChI=1S/C17H15NO4S/c1-4-6-12-8-11(9-13(22-3)15(12)19)10-14-16(20)18(7-5-2)17(21)23-14/h2,4,8-10,19H,1,6-7H2,3H3/b14-10-. The number of hydrogen-bond donors (Lipinski definition) is 1. The summed E-state index contributed by atoms with van der Waals surface area (Å²) in [7, 11) is 1.44. The number of carbonyl (C=O) groups excluding carboxylic acids is 2. The number of ether oxygens (including phenoxy) is 1. The number of allylic oxidation sites excluding steroid dienone is 1. The van der Waals surface area contributed by atoms with Gasteiger partial charge in [0.15, 0.2) is 11.5 Å². The van der Waals surface area contributed by atoms with Crippen LogP contribution >= 0.6 is 11.8 Å². The highest BCUT2D eigenvalue weighted by Gasteiger charge is 2.34. The van der Waals surface area contributed by atoms with Crippen molar-refractivity contribution in [3.8, 4) is 23.8 Å². The van der Waals surface area contributed by atoms with Gasteiger partial charge in [-0.1, -0.05) is 12.0 Å². The summed E-state index contributed by atoms with van der Waals surface area (Å²) in [4.78, 5) is 25.2. The number of methoxy groups -OCH3 is 1. The summed E-state index contributed by atoms with van der Waals surface area (Å²) in [6.07, 6.45) is 8.84. The van der Waals surface area contributed by atoms with E-state index in [2.05, 4.69) is 12.5 Å². The highest BCUT2D eigenvalue weighted by atomic mass is 32.2. The molecule has 0 spiro atoms. The van der Waals surface area contributed by atoms with E-state index in [1.54, 1.807) is 24.3 Å². The highest BCUT2D eigenvalue weighted by molar-refractivity contribution is 8.18. The van der Waals surface area contributed by atoms with Gasteiger partial charge in [-0.25, -0.2) is 0 Å². The predicted molar refractivity (Wildman–Crippen MR) is 90.1 cm³/mol. The van der Waals surface area contributed by atoms with Gasteiger partial charge >= 0.3 is 0 Å². The third-order valence-corrected chi connectivity index (χ3v) is 4.09. The predicted octanol–water partition coefficient (Wildman–Crippen LogP) is 2.80. The van der Waals surface area contributed by atoms with Crippen LogP contribution in [0.15, 0.2) is 29.7 Å². The Hall–Kier alpha value is -2.65. The third-order valence-electron chi connectivity index (χ3n) is 3.18. The molecule has 1 fully saturated rings. The minimum absolute atomic E-state index is 0.0324. The second-order valence-electron chi connectivity index (χ2n) is 4.70. The second-order valence-corrected chi connectivity index (χ2v) is 5.69. The second kappa shape index (κ2) is 7.07. The first-order chi connectivity index (χ1) is 11.0. The summed E-state index contributed by atoms with van der Waals surface area (Å²) in [5, 5.41) is 9.67. The quantitative estimate of drug-likeness (QED) is 0.511. The van der Waals surface area contributed by atoms with E-state index in [4.69, 9.17) is 11.2 Å². The molecule has 0 aromatic heterocycles. The van der Waals surface area contributed by atoms with Crippen LogP contribution in [0, 0.1) is 12.3 Å². The molecule has 1 heterocycles. The van der Waals surface area contributed by atoms with E-state index in [9.17, 15) is 14.7 Å². The molecule has 0 aliphatic carbocycles. The van der Waals surface area contributed by atoms with E-state index >= 15 is 0 Å². The fourth-order valence-electron chi connectivity index (χ4n) is 2.12. The minimum atomic E-state index is -0.421. The summed E-state index contributed by atoms with van der Waals surface area (Å²) in [5.41, 5.74) is 1.26. The molecule has 6 heteroatoms. The molecule has 2 amide bonds. The Balaban J connectivity index is 2.41. The summed E-state index contributed by atoms with van der Waals surface area (Å²) >= 11 is 0.833. The smallest absolute Gasteiger partial charge is 0.294 e. The van der Waals surface area contributed by atoms with Gasteiger partial charge in [-0.2, -0.15) is 0 Å². The molecule has 118 valence electrons. The van der Waals surface area contributed by atoms with Crippen LogP contribution in [-0.4, -0.2) is 34.8 Å². The molecule has 1 aliphatic rings. The maximum Gasteiger partial charge on any atom is 0.294 e. The molecule has 1 N–H and O–H groups in total. The van der Waals surface area contributed by atoms with Crippen molar-refractivity contribution >= 4 is 29.0 Å². The topological polar surface area (TPSA) is 66.8 Å². The lowest BCUT2D eigenvalue weighted by Gasteiger charge is -2.10. The lowest BCUT2D eigenvalue weighted by Crippen LogP contribution is -2.28. The van der Waals surface area contributed by atoms with Gasteiger partial charge in [-0.15, -0.1) is 13.0 Å². The number of hydrogen-bond acceptors (Lipinski definition) is 5. The van der Waals surface area contributed by atoms with Gasteiger partial charge in [0.1, 0.15) is 0 Å². The third kappa shape index (κ3) is 3.41. The molecule has 23 heavy (non-hydrogen) atoms. The van der Waals surface area contributed by atoms with Crippen LogP contribution in [0.5, 0.6) is 11.5 Å². The average Bonchev–Trinajstić information content (AvgIpc) is 2.78. The van der Waals surface area contributed by atoms with E-state index in [1.807, 2.05) is 0 Å². The zero-order chi connectivity index (χ0) is 17.0. The molecular formula is C17H15NO4S. The first-order valence-electron chi connectivity index (χ1n) is 6.71. The monoisotopic (exact) mass is 329 g/mol. The summed E-state index contributed by atoms with van der Waals surface area (Å²) in [5.74, 6) is 2.19. The van der Waals surface area contributed by atoms with Crippen molar-refractivity contribution in [2.45, 2.75) is 6.42 Å². The van der Waals surface area contributed by atoms with Crippen LogP contribution < -0.4 is 4.74 Å². The van der Waals surface area contributed by atoms with E-state index < -0.39 is 11.1 Å². The Kier molecular flexibility index (Phi) is 5.14. The molecule has 0 unspecified atom stereocenters. The Morgan fingerprint density at radius 3 is 2.83 bits per heavy atom. The molecule has 1 aromatic carbocycles. The highest BCUT2D eigenvalue weighted by Crippen LogP contribution is 2.36. The molecule has 0 radical (unpaired) electrons. The molecule has 0 saturated carbocycles. The molecule has 1 saturated heterocycles. The van der Waals surface area contributed by atoms with Crippen LogP contribution in [0.1, 0.15) is 11.1 Å². The molecule has 0 atom stereocenters. The van der Waals surface area contributed by atoms with Gasteiger partial charge in [-0.3, -0.25) is 14.5 Å². The zero-order valence-corrected chi connectivity index (χ0v) is 13.4. The minimum Gasteiger partial charge on any atom is -0.504 e. The molecular weight excluding hydrogens is 314 g/mol. The number of rotatable bonds is 5. The van der Waals surface area contributed by atoms with E-state index in [0.29, 0.717) is 23.3 Å². The van der Waals surface area contributed by atoms with Gasteiger partial charge in [0, 0.05) is 5.56 Å². The van der Waals surface area contributed by atoms with Gasteiger partial charge in [0.05, 0.1) is 18.6 Å². The fraction of sp³-hybridized carbons (Fsp3) is 0.176. The summed E-state index contributed by atoms with van der Waals surface area (Å²) < 4.78 is 5.14. The summed E-state index contributed by atoms with van der Waals surface area (Å²) in [6, 6.07) is 3.31. The maximum absolute atomic E-state index is 12.2. The molecule has 0 bridgehead atoms. The van der Waals surface area contributed by atoms with Crippen molar-refractivity contribution in [1.29, 1.82) is 0 Å². The van der Waals surface area contributed by atoms with Crippen molar-refractivity contribution in [2.24, 2.45) is 0 Å². The van der Waals surface area contributed by atoms with Crippen molar-refractivity contribution in [3.05, 3.63) is 40.8 Å². The number of phenols is 1. The van der Waals surface area contributed by atoms with Crippen molar-refractivity contribution in [3.63, 3.8) is 0 Å². The SMILES string of the molecule is C#CCN1C(=O)S/C(=C\c2cc(CC=C)c(O)c(OC)c2)C1=O. The number of benzene rings is 1. The number of terminal acetylenes is 1. The number of amides is 2. The zero-order valence-electron chi connectivity index (χ0n) is 12.5. The Morgan fingerprint density at radius 2 is 2.22 bits per heavy atom. The fourth-order valence-corrected chi connectivity index (χ4v) is 2.96. The van der Waals surface area contributed by atoms with Crippen LogP contribution in [0.2, 0.25) is 0 Å². The normalized spacial score (nSPS) is 15.8. The lowest BCUT2D eigenvalue weighted by molar-refractivity contribution is -0.122. The number of phenolic OH excluding ortho intramolecular Hbond substituents is 1. The van der Waals surface area contributed by atoms with Crippen LogP contribution in [-0.2, 0) is 11.2 Å². The number of imide groups is 1. The van der Waals surface area contributed by atoms with Gasteiger partial charge < -0.3 is 9.84 Å². The van der Waals surface area contributed by atoms with E-state index in [1.165, 1.54) is 7.11 Å². The van der Waals surface area contributed by atoms with E-state index in [-0.39, 0.29) is 17.2 Å². The van der Waals surface area contributed by atoms with Gasteiger partial charge in [-0.05, 0) is 42.0 Å². The van der Waals surface area contributed by atoms with Crippen LogP contribution in [0.3, 0.4) is 0 Å². The summed E-state index contributed by atoms with van der Waals surface area (Å²) in [6.45, 7) is 3.59. The lowest BCUT2D eigenvalue weighted by atomic mass is 10.1. The average molecular weight is 329 g/mol. The molecule has 1 aromatic rings. The molecule has 5 nitrogen and oxygen atoms in total. The van der Waals surface area contributed by atoms with Crippen molar-refractivity contribution in [1.82, 2.24) is 4.90 Å². The van der Waals surface area contributed by atoms with Gasteiger partial charge in [0.2, 0.25) is 0 Å². The Morgan fingerprint density at radius 1 is 1.48 bits per heavy atom. The number of carbonyl (C=O) groups is 2. The number of thioether (sulfide) groups is 1. The molecule has 1 aliphatic heterocycles. The van der Waals surface area contributed by atoms with Crippen molar-refractivity contribution < 1.29 is 19.4 Å². The van der Waals surface area contributed by atoms with Gasteiger partial charge in [0.25, 0.3) is 11.1 Å². The van der Waals surface area contributed by atoms with Crippen LogP contribution in [0.25, 0.3) is 6.08 Å². The largest absolute Gasteiger partial charge is 0.504 e. The Bertz CT molecular complexity index is 746.